The fraction of sp³-hybridized carbons (Fsp3) is 0.294. The minimum absolute atomic E-state index is 0.0891. The highest BCUT2D eigenvalue weighted by molar-refractivity contribution is 9.10. The average molecular weight is 349 g/mol. The van der Waals surface area contributed by atoms with Crippen molar-refractivity contribution in [2.24, 2.45) is 5.84 Å². The van der Waals surface area contributed by atoms with Gasteiger partial charge in [0.25, 0.3) is 0 Å². The second kappa shape index (κ2) is 6.60. The number of halogens is 1. The number of hydrogen-bond acceptors (Lipinski definition) is 3. The van der Waals surface area contributed by atoms with Gasteiger partial charge in [0.1, 0.15) is 5.75 Å². The molecular formula is C17H21BrN2O. The zero-order valence-corrected chi connectivity index (χ0v) is 14.4. The van der Waals surface area contributed by atoms with Crippen LogP contribution in [0.15, 0.2) is 34.8 Å². The molecule has 3 nitrogen and oxygen atoms in total. The molecule has 0 spiro atoms. The van der Waals surface area contributed by atoms with Gasteiger partial charge >= 0.3 is 0 Å². The van der Waals surface area contributed by atoms with Crippen LogP contribution < -0.4 is 16.0 Å². The molecule has 3 N–H and O–H groups in total. The Bertz CT molecular complexity index is 655. The summed E-state index contributed by atoms with van der Waals surface area (Å²) < 4.78 is 6.33. The molecule has 0 aliphatic heterocycles. The largest absolute Gasteiger partial charge is 0.497 e. The van der Waals surface area contributed by atoms with Crippen LogP contribution in [-0.2, 0) is 0 Å². The molecule has 2 aromatic rings. The van der Waals surface area contributed by atoms with E-state index >= 15 is 0 Å². The molecular weight excluding hydrogens is 328 g/mol. The van der Waals surface area contributed by atoms with E-state index in [0.29, 0.717) is 0 Å². The van der Waals surface area contributed by atoms with E-state index < -0.39 is 0 Å². The van der Waals surface area contributed by atoms with Crippen molar-refractivity contribution in [2.75, 3.05) is 7.11 Å². The predicted molar refractivity (Wildman–Crippen MR) is 90.5 cm³/mol. The predicted octanol–water partition coefficient (Wildman–Crippen LogP) is 3.94. The maximum Gasteiger partial charge on any atom is 0.119 e. The zero-order chi connectivity index (χ0) is 15.6. The van der Waals surface area contributed by atoms with Crippen molar-refractivity contribution < 1.29 is 4.74 Å². The molecule has 21 heavy (non-hydrogen) atoms. The van der Waals surface area contributed by atoms with Gasteiger partial charge in [0.05, 0.1) is 13.2 Å². The van der Waals surface area contributed by atoms with E-state index in [-0.39, 0.29) is 6.04 Å². The molecule has 2 rings (SSSR count). The highest BCUT2D eigenvalue weighted by atomic mass is 79.9. The van der Waals surface area contributed by atoms with Gasteiger partial charge < -0.3 is 4.74 Å². The number of ether oxygens (including phenoxy) is 1. The molecule has 0 saturated heterocycles. The van der Waals surface area contributed by atoms with E-state index in [1.54, 1.807) is 7.11 Å². The minimum Gasteiger partial charge on any atom is -0.497 e. The lowest BCUT2D eigenvalue weighted by atomic mass is 9.92. The Labute approximate surface area is 134 Å². The van der Waals surface area contributed by atoms with Crippen LogP contribution in [-0.4, -0.2) is 7.11 Å². The van der Waals surface area contributed by atoms with Gasteiger partial charge in [-0.15, -0.1) is 0 Å². The van der Waals surface area contributed by atoms with Crippen molar-refractivity contribution in [1.29, 1.82) is 0 Å². The van der Waals surface area contributed by atoms with Gasteiger partial charge in [0.15, 0.2) is 0 Å². The maximum atomic E-state index is 5.84. The molecule has 2 aromatic carbocycles. The fourth-order valence-electron chi connectivity index (χ4n) is 2.51. The lowest BCUT2D eigenvalue weighted by molar-refractivity contribution is 0.413. The van der Waals surface area contributed by atoms with Crippen molar-refractivity contribution in [3.63, 3.8) is 0 Å². The molecule has 0 amide bonds. The summed E-state index contributed by atoms with van der Waals surface area (Å²) in [5, 5.41) is 0. The summed E-state index contributed by atoms with van der Waals surface area (Å²) in [6.45, 7) is 6.35. The van der Waals surface area contributed by atoms with Crippen LogP contribution in [0.2, 0.25) is 0 Å². The molecule has 0 aromatic heterocycles. The van der Waals surface area contributed by atoms with E-state index in [2.05, 4.69) is 54.3 Å². The number of methoxy groups -OCH3 is 1. The van der Waals surface area contributed by atoms with Crippen molar-refractivity contribution in [3.8, 4) is 5.75 Å². The van der Waals surface area contributed by atoms with Crippen LogP contribution in [0.25, 0.3) is 0 Å². The average Bonchev–Trinajstić information content (AvgIpc) is 2.47. The van der Waals surface area contributed by atoms with Crippen LogP contribution in [0.1, 0.15) is 33.9 Å². The standard InChI is InChI=1S/C17H21BrN2O/c1-10-7-12(3)14(8-11(10)2)17(20-19)15-9-13(21-4)5-6-16(15)18/h5-9,17,20H,19H2,1-4H3. The van der Waals surface area contributed by atoms with Crippen molar-refractivity contribution in [3.05, 3.63) is 62.6 Å². The number of hydrazine groups is 1. The summed E-state index contributed by atoms with van der Waals surface area (Å²) in [5.41, 5.74) is 8.93. The van der Waals surface area contributed by atoms with Crippen LogP contribution >= 0.6 is 15.9 Å². The molecule has 0 saturated carbocycles. The van der Waals surface area contributed by atoms with Crippen LogP contribution in [0.3, 0.4) is 0 Å². The van der Waals surface area contributed by atoms with Gasteiger partial charge in [-0.1, -0.05) is 28.1 Å². The number of rotatable bonds is 4. The van der Waals surface area contributed by atoms with Gasteiger partial charge in [-0.3, -0.25) is 5.84 Å². The molecule has 0 heterocycles. The Balaban J connectivity index is 2.57. The Morgan fingerprint density at radius 3 is 2.29 bits per heavy atom. The zero-order valence-electron chi connectivity index (χ0n) is 12.8. The lowest BCUT2D eigenvalue weighted by Crippen LogP contribution is -2.29. The highest BCUT2D eigenvalue weighted by Crippen LogP contribution is 2.33. The first-order valence-electron chi connectivity index (χ1n) is 6.85. The smallest absolute Gasteiger partial charge is 0.119 e. The van der Waals surface area contributed by atoms with Gasteiger partial charge in [0, 0.05) is 4.47 Å². The number of aryl methyl sites for hydroxylation is 3. The van der Waals surface area contributed by atoms with Crippen LogP contribution in [0.4, 0.5) is 0 Å². The fourth-order valence-corrected chi connectivity index (χ4v) is 2.99. The van der Waals surface area contributed by atoms with Crippen molar-refractivity contribution >= 4 is 15.9 Å². The van der Waals surface area contributed by atoms with Crippen molar-refractivity contribution in [2.45, 2.75) is 26.8 Å². The molecule has 4 heteroatoms. The molecule has 0 bridgehead atoms. The van der Waals surface area contributed by atoms with Gasteiger partial charge in [-0.2, -0.15) is 0 Å². The van der Waals surface area contributed by atoms with Gasteiger partial charge in [-0.05, 0) is 66.8 Å². The van der Waals surface area contributed by atoms with Gasteiger partial charge in [0.2, 0.25) is 0 Å². The molecule has 0 aliphatic rings. The normalized spacial score (nSPS) is 12.3. The summed E-state index contributed by atoms with van der Waals surface area (Å²) >= 11 is 3.60. The monoisotopic (exact) mass is 348 g/mol. The SMILES string of the molecule is COc1ccc(Br)c(C(NN)c2cc(C)c(C)cc2C)c1. The summed E-state index contributed by atoms with van der Waals surface area (Å²) in [4.78, 5) is 0. The maximum absolute atomic E-state index is 5.84. The number of hydrogen-bond donors (Lipinski definition) is 2. The van der Waals surface area contributed by atoms with E-state index in [4.69, 9.17) is 10.6 Å². The summed E-state index contributed by atoms with van der Waals surface area (Å²) in [5.74, 6) is 6.66. The van der Waals surface area contributed by atoms with E-state index in [0.717, 1.165) is 15.8 Å². The Hall–Kier alpha value is -1.36. The second-order valence-electron chi connectivity index (χ2n) is 5.28. The van der Waals surface area contributed by atoms with Crippen molar-refractivity contribution in [1.82, 2.24) is 5.43 Å². The summed E-state index contributed by atoms with van der Waals surface area (Å²) in [6, 6.07) is 10.2. The van der Waals surface area contributed by atoms with E-state index in [1.165, 1.54) is 22.3 Å². The second-order valence-corrected chi connectivity index (χ2v) is 6.13. The Morgan fingerprint density at radius 2 is 1.67 bits per heavy atom. The lowest BCUT2D eigenvalue weighted by Gasteiger charge is -2.22. The third-order valence-corrected chi connectivity index (χ3v) is 4.60. The third-order valence-electron chi connectivity index (χ3n) is 3.87. The van der Waals surface area contributed by atoms with Crippen LogP contribution in [0, 0.1) is 20.8 Å². The number of benzene rings is 2. The van der Waals surface area contributed by atoms with Crippen LogP contribution in [0.5, 0.6) is 5.75 Å². The first-order chi connectivity index (χ1) is 9.97. The first-order valence-corrected chi connectivity index (χ1v) is 7.64. The Morgan fingerprint density at radius 1 is 1.00 bits per heavy atom. The molecule has 1 atom stereocenters. The molecule has 112 valence electrons. The van der Waals surface area contributed by atoms with Gasteiger partial charge in [-0.25, -0.2) is 5.43 Å². The minimum atomic E-state index is -0.0891. The first kappa shape index (κ1) is 16.0. The topological polar surface area (TPSA) is 47.3 Å². The molecule has 0 aliphatic carbocycles. The molecule has 1 unspecified atom stereocenters. The summed E-state index contributed by atoms with van der Waals surface area (Å²) in [6.07, 6.45) is 0. The third kappa shape index (κ3) is 3.28. The molecule has 0 fully saturated rings. The quantitative estimate of drug-likeness (QED) is 0.649. The summed E-state index contributed by atoms with van der Waals surface area (Å²) in [7, 11) is 1.67. The van der Waals surface area contributed by atoms with E-state index in [9.17, 15) is 0 Å². The highest BCUT2D eigenvalue weighted by Gasteiger charge is 2.19. The van der Waals surface area contributed by atoms with E-state index in [1.807, 2.05) is 18.2 Å². The number of nitrogens with two attached hydrogens (primary N) is 1. The molecule has 0 radical (unpaired) electrons. The number of nitrogens with one attached hydrogen (secondary N) is 1. The Kier molecular flexibility index (Phi) is 5.04.